The van der Waals surface area contributed by atoms with Gasteiger partial charge < -0.3 is 18.9 Å². The molecule has 0 radical (unpaired) electrons. The number of aromatic nitrogens is 4. The van der Waals surface area contributed by atoms with E-state index < -0.39 is 24.2 Å². The lowest BCUT2D eigenvalue weighted by atomic mass is 9.99. The minimum Gasteiger partial charge on any atom is -0.468 e. The van der Waals surface area contributed by atoms with Crippen LogP contribution in [-0.2, 0) is 27.7 Å². The summed E-state index contributed by atoms with van der Waals surface area (Å²) in [7, 11) is -3.57. The van der Waals surface area contributed by atoms with Crippen LogP contribution in [0.2, 0.25) is 77.1 Å². The predicted molar refractivity (Wildman–Crippen MR) is 216 cm³/mol. The highest BCUT2D eigenvalue weighted by Gasteiger charge is 2.22. The normalized spacial score (nSPS) is 12.8. The second kappa shape index (κ2) is 16.1. The third-order valence-electron chi connectivity index (χ3n) is 8.86. The Morgan fingerprint density at radius 3 is 1.96 bits per heavy atom. The fraction of sp³-hybridized carbons (Fsp3) is 0.487. The number of hydrogen-bond acceptors (Lipinski definition) is 6. The number of benzene rings is 3. The minimum absolute atomic E-state index is 0.267. The van der Waals surface area contributed by atoms with Crippen LogP contribution in [0.4, 0.5) is 0 Å². The molecule has 2 aromatic heterocycles. The molecule has 0 aliphatic rings. The number of para-hydroxylation sites is 2. The van der Waals surface area contributed by atoms with Crippen molar-refractivity contribution < 1.29 is 18.9 Å². The van der Waals surface area contributed by atoms with Crippen molar-refractivity contribution in [2.45, 2.75) is 97.4 Å². The Morgan fingerprint density at radius 2 is 1.30 bits per heavy atom. The van der Waals surface area contributed by atoms with Gasteiger partial charge in [-0.15, -0.1) is 0 Å². The summed E-state index contributed by atoms with van der Waals surface area (Å²) in [4.78, 5) is 5.11. The summed E-state index contributed by atoms with van der Waals surface area (Å²) in [5.41, 5.74) is 7.22. The van der Waals surface area contributed by atoms with Crippen molar-refractivity contribution in [1.29, 1.82) is 0 Å². The highest BCUT2D eigenvalue weighted by atomic mass is 28.3. The molecule has 0 saturated carbocycles. The van der Waals surface area contributed by atoms with Gasteiger partial charge in [-0.3, -0.25) is 4.57 Å². The Hall–Kier alpha value is -3.07. The van der Waals surface area contributed by atoms with Gasteiger partial charge in [-0.25, -0.2) is 9.67 Å². The van der Waals surface area contributed by atoms with E-state index in [4.69, 9.17) is 29.0 Å². The molecule has 0 aliphatic carbocycles. The molecule has 5 rings (SSSR count). The molecule has 0 spiro atoms. The molecule has 0 N–H and O–H groups in total. The molecule has 0 saturated heterocycles. The van der Waals surface area contributed by atoms with Gasteiger partial charge in [-0.05, 0) is 78.1 Å². The van der Waals surface area contributed by atoms with Gasteiger partial charge in [0.2, 0.25) is 0 Å². The maximum Gasteiger partial charge on any atom is 0.189 e. The van der Waals surface area contributed by atoms with Crippen LogP contribution >= 0.6 is 0 Å². The van der Waals surface area contributed by atoms with Crippen LogP contribution in [0, 0.1) is 6.92 Å². The zero-order valence-corrected chi connectivity index (χ0v) is 35.1. The lowest BCUT2D eigenvalue weighted by molar-refractivity contribution is 0.0220. The number of aryl methyl sites for hydroxylation is 1. The van der Waals surface area contributed by atoms with Crippen LogP contribution in [0.3, 0.4) is 0 Å². The largest absolute Gasteiger partial charge is 0.468 e. The third kappa shape index (κ3) is 10.5. The Morgan fingerprint density at radius 1 is 0.660 bits per heavy atom. The fourth-order valence-corrected chi connectivity index (χ4v) is 7.92. The Kier molecular flexibility index (Phi) is 12.3. The highest BCUT2D eigenvalue weighted by Crippen LogP contribution is 2.35. The van der Waals surface area contributed by atoms with Crippen LogP contribution in [0.25, 0.3) is 44.6 Å². The van der Waals surface area contributed by atoms with E-state index in [1.165, 1.54) is 0 Å². The first-order chi connectivity index (χ1) is 23.6. The number of imidazole rings is 1. The first-order valence-electron chi connectivity index (χ1n) is 18.0. The number of ether oxygens (including phenoxy) is 4. The zero-order chi connectivity index (χ0) is 36.1. The summed E-state index contributed by atoms with van der Waals surface area (Å²) >= 11 is 0. The molecular weight excluding hydrogens is 673 g/mol. The molecule has 0 unspecified atom stereocenters. The van der Waals surface area contributed by atoms with E-state index in [1.807, 2.05) is 16.8 Å². The van der Waals surface area contributed by atoms with E-state index in [-0.39, 0.29) is 6.79 Å². The molecule has 0 fully saturated rings. The lowest BCUT2D eigenvalue weighted by Crippen LogP contribution is -2.22. The van der Waals surface area contributed by atoms with Gasteiger partial charge in [0, 0.05) is 49.4 Å². The van der Waals surface area contributed by atoms with Crippen molar-refractivity contribution in [3.8, 4) is 28.4 Å². The van der Waals surface area contributed by atoms with Crippen LogP contribution in [0.5, 0.6) is 5.75 Å². The monoisotopic (exact) mass is 730 g/mol. The molecule has 0 amide bonds. The van der Waals surface area contributed by atoms with E-state index in [0.717, 1.165) is 93.8 Å². The average molecular weight is 731 g/mol. The fourth-order valence-electron chi connectivity index (χ4n) is 5.65. The molecule has 11 heteroatoms. The lowest BCUT2D eigenvalue weighted by Gasteiger charge is -2.16. The molecule has 0 bridgehead atoms. The Bertz CT molecular complexity index is 1880. The van der Waals surface area contributed by atoms with Gasteiger partial charge in [0.05, 0.1) is 16.6 Å². The first-order valence-corrected chi connectivity index (χ1v) is 29.1. The van der Waals surface area contributed by atoms with Crippen molar-refractivity contribution in [3.05, 3.63) is 66.2 Å². The highest BCUT2D eigenvalue weighted by molar-refractivity contribution is 6.76. The SMILES string of the molecule is Cc1cc(OCOCC[Si](C)(C)C)ccc1-c1ccc2c(-c3nc4ccccc4n3COCC[Si](C)(C)C)nn(COCC[Si](C)(C)C)c2c1. The van der Waals surface area contributed by atoms with Gasteiger partial charge in [-0.2, -0.15) is 5.10 Å². The number of rotatable bonds is 18. The van der Waals surface area contributed by atoms with Crippen molar-refractivity contribution in [3.63, 3.8) is 0 Å². The Balaban J connectivity index is 1.46. The van der Waals surface area contributed by atoms with E-state index in [2.05, 4.69) is 119 Å². The van der Waals surface area contributed by atoms with E-state index >= 15 is 0 Å². The molecule has 2 heterocycles. The topological polar surface area (TPSA) is 72.6 Å². The maximum absolute atomic E-state index is 6.29. The molecule has 8 nitrogen and oxygen atoms in total. The van der Waals surface area contributed by atoms with Crippen LogP contribution in [0.1, 0.15) is 5.56 Å². The van der Waals surface area contributed by atoms with Crippen molar-refractivity contribution in [2.24, 2.45) is 0 Å². The smallest absolute Gasteiger partial charge is 0.189 e. The molecular formula is C39H58N4O4Si3. The molecule has 0 atom stereocenters. The Labute approximate surface area is 302 Å². The second-order valence-corrected chi connectivity index (χ2v) is 34.0. The van der Waals surface area contributed by atoms with E-state index in [9.17, 15) is 0 Å². The summed E-state index contributed by atoms with van der Waals surface area (Å²) < 4.78 is 28.5. The summed E-state index contributed by atoms with van der Waals surface area (Å²) in [6.45, 7) is 26.7. The summed E-state index contributed by atoms with van der Waals surface area (Å²) in [5.74, 6) is 1.62. The predicted octanol–water partition coefficient (Wildman–Crippen LogP) is 10.3. The third-order valence-corrected chi connectivity index (χ3v) is 14.0. The van der Waals surface area contributed by atoms with E-state index in [1.54, 1.807) is 0 Å². The molecule has 270 valence electrons. The maximum atomic E-state index is 6.29. The van der Waals surface area contributed by atoms with Crippen LogP contribution in [0.15, 0.2) is 60.7 Å². The summed E-state index contributed by atoms with van der Waals surface area (Å²) in [6.07, 6.45) is 0. The minimum atomic E-state index is -1.23. The van der Waals surface area contributed by atoms with Gasteiger partial charge in [0.25, 0.3) is 0 Å². The number of fused-ring (bicyclic) bond motifs is 2. The molecule has 0 aliphatic heterocycles. The number of hydrogen-bond donors (Lipinski definition) is 0. The standard InChI is InChI=1S/C39H58N4O4Si3/c1-30-25-32(47-29-46-21-24-50(8,9)10)16-18-33(30)31-15-17-34-37(26-31)43(28-45-20-23-49(5,6)7)41-38(34)39-40-35-13-11-12-14-36(35)42(39)27-44-19-22-48(2,3)4/h11-18,25-26H,19-24,27-29H2,1-10H3. The second-order valence-electron chi connectivity index (χ2n) is 17.1. The number of nitrogens with zero attached hydrogens (tertiary/aromatic N) is 4. The average Bonchev–Trinajstić information content (AvgIpc) is 3.57. The summed E-state index contributed by atoms with van der Waals surface area (Å²) in [6, 6.07) is 24.5. The van der Waals surface area contributed by atoms with Crippen LogP contribution in [-0.4, -0.2) is 70.2 Å². The summed E-state index contributed by atoms with van der Waals surface area (Å²) in [5, 5.41) is 6.23. The zero-order valence-electron chi connectivity index (χ0n) is 32.1. The van der Waals surface area contributed by atoms with Crippen molar-refractivity contribution >= 4 is 46.2 Å². The van der Waals surface area contributed by atoms with Gasteiger partial charge in [0.15, 0.2) is 12.6 Å². The van der Waals surface area contributed by atoms with Gasteiger partial charge in [0.1, 0.15) is 24.9 Å². The first kappa shape index (κ1) is 38.2. The quantitative estimate of drug-likeness (QED) is 0.0508. The molecule has 3 aromatic carbocycles. The van der Waals surface area contributed by atoms with Crippen molar-refractivity contribution in [1.82, 2.24) is 19.3 Å². The molecule has 5 aromatic rings. The van der Waals surface area contributed by atoms with Crippen molar-refractivity contribution in [2.75, 3.05) is 26.6 Å². The van der Waals surface area contributed by atoms with Gasteiger partial charge in [-0.1, -0.05) is 83.2 Å². The van der Waals surface area contributed by atoms with E-state index in [0.29, 0.717) is 13.5 Å². The van der Waals surface area contributed by atoms with Gasteiger partial charge >= 0.3 is 0 Å². The van der Waals surface area contributed by atoms with Crippen LogP contribution < -0.4 is 4.74 Å². The molecule has 50 heavy (non-hydrogen) atoms.